The van der Waals surface area contributed by atoms with E-state index in [4.69, 9.17) is 33.4 Å². The van der Waals surface area contributed by atoms with Crippen molar-refractivity contribution >= 4 is 65.0 Å². The number of H-pyrrole nitrogens is 1. The molecule has 0 fully saturated rings. The number of nitrogens with one attached hydrogen (secondary N) is 9. The van der Waals surface area contributed by atoms with Crippen LogP contribution in [0.1, 0.15) is 104 Å². The highest BCUT2D eigenvalue weighted by molar-refractivity contribution is 5.98. The summed E-state index contributed by atoms with van der Waals surface area (Å²) in [5.41, 5.74) is 27.9. The van der Waals surface area contributed by atoms with E-state index >= 15 is 0 Å². The van der Waals surface area contributed by atoms with Crippen molar-refractivity contribution in [2.24, 2.45) is 28.7 Å². The lowest BCUT2D eigenvalue weighted by Crippen LogP contribution is -2.60. The summed E-state index contributed by atoms with van der Waals surface area (Å²) < 4.78 is 4.96. The summed E-state index contributed by atoms with van der Waals surface area (Å²) in [6, 6.07) is -9.17. The van der Waals surface area contributed by atoms with Gasteiger partial charge < -0.3 is 80.9 Å². The molecule has 0 radical (unpaired) electrons. The van der Waals surface area contributed by atoms with Gasteiger partial charge in [0.15, 0.2) is 0 Å². The molecule has 27 nitrogen and oxygen atoms in total. The maximum Gasteiger partial charge on any atom is 0.328 e. The van der Waals surface area contributed by atoms with Gasteiger partial charge in [0.1, 0.15) is 42.3 Å². The van der Waals surface area contributed by atoms with Gasteiger partial charge in [-0.15, -0.1) is 0 Å². The molecule has 388 valence electrons. The van der Waals surface area contributed by atoms with Crippen LogP contribution in [0.4, 0.5) is 0 Å². The Labute approximate surface area is 400 Å². The molecular formula is C42H73N15O12. The molecule has 0 saturated carbocycles. The van der Waals surface area contributed by atoms with Gasteiger partial charge in [-0.05, 0) is 97.7 Å². The number of amides is 10. The topological polar surface area (TPSA) is 452 Å². The Morgan fingerprint density at radius 3 is 1.57 bits per heavy atom. The molecule has 0 bridgehead atoms. The Hall–Kier alpha value is -6.74. The number of nitrogens with zero attached hydrogens (tertiary/aromatic N) is 1. The molecule has 1 aromatic heterocycles. The first-order valence-electron chi connectivity index (χ1n) is 22.9. The second kappa shape index (κ2) is 33.7. The number of nitrogens with two attached hydrogens (primary N) is 5. The quantitative estimate of drug-likeness (QED) is 0.0220. The molecule has 0 spiro atoms. The van der Waals surface area contributed by atoms with Gasteiger partial charge in [-0.2, -0.15) is 0 Å². The highest BCUT2D eigenvalue weighted by atomic mass is 16.5. The van der Waals surface area contributed by atoms with E-state index in [9.17, 15) is 52.7 Å². The molecule has 0 aliphatic heterocycles. The molecule has 69 heavy (non-hydrogen) atoms. The van der Waals surface area contributed by atoms with Crippen LogP contribution in [0.5, 0.6) is 0 Å². The van der Waals surface area contributed by atoms with Gasteiger partial charge in [0.2, 0.25) is 59.1 Å². The number of hydrogen-bond acceptors (Lipinski definition) is 16. The smallest absolute Gasteiger partial charge is 0.328 e. The summed E-state index contributed by atoms with van der Waals surface area (Å²) >= 11 is 0. The maximum absolute atomic E-state index is 14.1. The van der Waals surface area contributed by atoms with Crippen LogP contribution in [0.2, 0.25) is 0 Å². The zero-order valence-corrected chi connectivity index (χ0v) is 39.7. The van der Waals surface area contributed by atoms with Crippen molar-refractivity contribution < 1.29 is 57.5 Å². The number of hydrogen-bond donors (Lipinski definition) is 14. The minimum absolute atomic E-state index is 0.000867. The number of primary amides is 2. The van der Waals surface area contributed by atoms with Gasteiger partial charge in [0.25, 0.3) is 0 Å². The largest absolute Gasteiger partial charge is 0.464 e. The molecular weight excluding hydrogens is 907 g/mol. The molecule has 0 aliphatic carbocycles. The maximum atomic E-state index is 14.1. The molecule has 1 heterocycles. The first-order valence-corrected chi connectivity index (χ1v) is 22.9. The first kappa shape index (κ1) is 60.3. The first-order chi connectivity index (χ1) is 32.8. The SMILES string of the molecule is CCOC(=O)[C@H](CCC(N)=O)NC(=O)CNC(=O)[C@H](CCCCN)NC(=O)[C@H](CCCCN)NC(=O)[C@H](Cc1cnc[nH]1)NC(=O)[C@H](C)NC(=O)[C@H](CC(N)=O)NC(=O)[C@H](CCCCN)NC(C)=O. The Bertz CT molecular complexity index is 1850. The van der Waals surface area contributed by atoms with Crippen LogP contribution in [-0.4, -0.2) is 150 Å². The minimum atomic E-state index is -1.56. The van der Waals surface area contributed by atoms with Crippen molar-refractivity contribution in [1.82, 2.24) is 52.5 Å². The van der Waals surface area contributed by atoms with Crippen LogP contribution in [0, 0.1) is 0 Å². The average molecular weight is 980 g/mol. The number of aromatic nitrogens is 2. The third-order valence-electron chi connectivity index (χ3n) is 10.2. The van der Waals surface area contributed by atoms with E-state index in [1.807, 2.05) is 0 Å². The third-order valence-corrected chi connectivity index (χ3v) is 10.2. The number of rotatable bonds is 36. The predicted octanol–water partition coefficient (Wildman–Crippen LogP) is -5.41. The van der Waals surface area contributed by atoms with E-state index in [0.717, 1.165) is 0 Å². The van der Waals surface area contributed by atoms with Crippen LogP contribution in [0.25, 0.3) is 0 Å². The second-order valence-corrected chi connectivity index (χ2v) is 16.1. The highest BCUT2D eigenvalue weighted by Crippen LogP contribution is 2.09. The molecule has 19 N–H and O–H groups in total. The van der Waals surface area contributed by atoms with Gasteiger partial charge in [-0.3, -0.25) is 47.9 Å². The lowest BCUT2D eigenvalue weighted by atomic mass is 10.0. The minimum Gasteiger partial charge on any atom is -0.464 e. The van der Waals surface area contributed by atoms with Crippen molar-refractivity contribution in [2.45, 2.75) is 147 Å². The van der Waals surface area contributed by atoms with E-state index in [2.05, 4.69) is 52.5 Å². The van der Waals surface area contributed by atoms with Gasteiger partial charge in [0.05, 0.1) is 25.9 Å². The van der Waals surface area contributed by atoms with Gasteiger partial charge in [-0.1, -0.05) is 0 Å². The van der Waals surface area contributed by atoms with Crippen LogP contribution in [-0.2, 0) is 63.9 Å². The van der Waals surface area contributed by atoms with E-state index < -0.39 is 120 Å². The normalized spacial score (nSPS) is 13.9. The summed E-state index contributed by atoms with van der Waals surface area (Å²) in [6.07, 6.45) is 4.44. The lowest BCUT2D eigenvalue weighted by molar-refractivity contribution is -0.147. The Morgan fingerprint density at radius 2 is 1.09 bits per heavy atom. The van der Waals surface area contributed by atoms with Crippen molar-refractivity contribution in [2.75, 3.05) is 32.8 Å². The zero-order valence-electron chi connectivity index (χ0n) is 39.7. The molecule has 7 atom stereocenters. The van der Waals surface area contributed by atoms with Crippen molar-refractivity contribution in [3.05, 3.63) is 18.2 Å². The molecule has 0 aromatic carbocycles. The second-order valence-electron chi connectivity index (χ2n) is 16.1. The Kier molecular flexibility index (Phi) is 29.4. The molecule has 0 aliphatic rings. The van der Waals surface area contributed by atoms with Gasteiger partial charge >= 0.3 is 5.97 Å². The number of esters is 1. The third kappa shape index (κ3) is 25.3. The number of unbranched alkanes of at least 4 members (excludes halogenated alkanes) is 3. The van der Waals surface area contributed by atoms with Crippen molar-refractivity contribution in [3.63, 3.8) is 0 Å². The van der Waals surface area contributed by atoms with Gasteiger partial charge in [-0.25, -0.2) is 9.78 Å². The number of carbonyl (C=O) groups excluding carboxylic acids is 11. The molecule has 1 rings (SSSR count). The summed E-state index contributed by atoms with van der Waals surface area (Å²) in [7, 11) is 0. The lowest BCUT2D eigenvalue weighted by Gasteiger charge is -2.26. The fraction of sp³-hybridized carbons (Fsp3) is 0.667. The highest BCUT2D eigenvalue weighted by Gasteiger charge is 2.33. The fourth-order valence-electron chi connectivity index (χ4n) is 6.57. The fourth-order valence-corrected chi connectivity index (χ4v) is 6.57. The van der Waals surface area contributed by atoms with Crippen molar-refractivity contribution in [3.8, 4) is 0 Å². The van der Waals surface area contributed by atoms with E-state index in [-0.39, 0.29) is 58.2 Å². The summed E-state index contributed by atoms with van der Waals surface area (Å²) in [5.74, 6) is -8.88. The van der Waals surface area contributed by atoms with E-state index in [1.54, 1.807) is 6.92 Å². The van der Waals surface area contributed by atoms with E-state index in [0.29, 0.717) is 50.8 Å². The standard InChI is InChI=1S/C42H73N15O12/c1-4-69-42(68)30(14-15-33(46)59)53-35(61)22-49-37(63)27(11-5-8-16-43)54-39(65)29(13-7-10-18-45)55-41(67)31(19-26-21-48-23-50-26)56-36(62)24(2)51-40(66)32(20-34(47)60)57-38(64)28(52-25(3)58)12-6-9-17-44/h21,23-24,27-32H,4-20,22,43-45H2,1-3H3,(H2,46,59)(H2,47,60)(H,48,50)(H,49,63)(H,51,66)(H,52,58)(H,53,61)(H,54,65)(H,55,67)(H,56,62)(H,57,64)/t24-,27-,28-,29-,30-,31-,32-/m0/s1. The molecule has 27 heteroatoms. The van der Waals surface area contributed by atoms with Crippen LogP contribution in [0.15, 0.2) is 12.5 Å². The van der Waals surface area contributed by atoms with Crippen molar-refractivity contribution in [1.29, 1.82) is 0 Å². The number of imidazole rings is 1. The molecule has 10 amide bonds. The Balaban J connectivity index is 3.29. The van der Waals surface area contributed by atoms with Crippen LogP contribution < -0.4 is 71.2 Å². The monoisotopic (exact) mass is 980 g/mol. The van der Waals surface area contributed by atoms with Gasteiger partial charge in [0, 0.05) is 31.7 Å². The van der Waals surface area contributed by atoms with E-state index in [1.165, 1.54) is 26.4 Å². The Morgan fingerprint density at radius 1 is 0.594 bits per heavy atom. The summed E-state index contributed by atoms with van der Waals surface area (Å²) in [4.78, 5) is 149. The molecule has 0 saturated heterocycles. The molecule has 1 aromatic rings. The van der Waals surface area contributed by atoms with Crippen LogP contribution >= 0.6 is 0 Å². The average Bonchev–Trinajstić information content (AvgIpc) is 3.81. The zero-order chi connectivity index (χ0) is 51.9. The number of carbonyl (C=O) groups is 11. The predicted molar refractivity (Wildman–Crippen MR) is 248 cm³/mol. The summed E-state index contributed by atoms with van der Waals surface area (Å²) in [5, 5.41) is 20.0. The number of aromatic amines is 1. The number of ether oxygens (including phenoxy) is 1. The van der Waals surface area contributed by atoms with Crippen LogP contribution in [0.3, 0.4) is 0 Å². The molecule has 0 unspecified atom stereocenters. The summed E-state index contributed by atoms with van der Waals surface area (Å²) in [6.45, 7) is 4.27.